The monoisotopic (exact) mass is 480 g/mol. The van der Waals surface area contributed by atoms with E-state index in [-0.39, 0.29) is 11.9 Å². The number of para-hydroxylation sites is 1. The Labute approximate surface area is 200 Å². The number of hydrogen-bond acceptors (Lipinski definition) is 5. The quantitative estimate of drug-likeness (QED) is 0.312. The van der Waals surface area contributed by atoms with Crippen molar-refractivity contribution >= 4 is 40.6 Å². The minimum Gasteiger partial charge on any atom is -0.334 e. The lowest BCUT2D eigenvalue weighted by Gasteiger charge is -2.23. The topological polar surface area (TPSA) is 51.0 Å². The first-order valence-corrected chi connectivity index (χ1v) is 12.7. The highest BCUT2D eigenvalue weighted by atomic mass is 35.5. The van der Waals surface area contributed by atoms with Crippen LogP contribution in [0.5, 0.6) is 0 Å². The Morgan fingerprint density at radius 3 is 2.62 bits per heavy atom. The number of benzene rings is 2. The Morgan fingerprint density at radius 2 is 1.88 bits per heavy atom. The van der Waals surface area contributed by atoms with Gasteiger partial charge in [0.1, 0.15) is 0 Å². The number of thiophene rings is 1. The Balaban J connectivity index is 1.40. The number of thioether (sulfide) groups is 1. The van der Waals surface area contributed by atoms with Crippen LogP contribution in [0.3, 0.4) is 0 Å². The van der Waals surface area contributed by atoms with Gasteiger partial charge in [0, 0.05) is 27.7 Å². The fraction of sp³-hybridized carbons (Fsp3) is 0.208. The van der Waals surface area contributed by atoms with Crippen LogP contribution in [-0.4, -0.2) is 37.9 Å². The zero-order valence-corrected chi connectivity index (χ0v) is 19.6. The number of rotatable bonds is 6. The van der Waals surface area contributed by atoms with Crippen LogP contribution in [-0.2, 0) is 4.79 Å². The maximum atomic E-state index is 13.1. The molecule has 0 bridgehead atoms. The van der Waals surface area contributed by atoms with Crippen LogP contribution >= 0.6 is 34.7 Å². The highest BCUT2D eigenvalue weighted by Gasteiger charge is 2.30. The molecule has 0 spiro atoms. The van der Waals surface area contributed by atoms with E-state index in [2.05, 4.69) is 27.7 Å². The lowest BCUT2D eigenvalue weighted by atomic mass is 10.2. The van der Waals surface area contributed by atoms with Crippen LogP contribution in [0, 0.1) is 0 Å². The summed E-state index contributed by atoms with van der Waals surface area (Å²) in [6.45, 7) is 0.809. The van der Waals surface area contributed by atoms with Gasteiger partial charge in [-0.05, 0) is 60.7 Å². The molecule has 1 unspecified atom stereocenters. The Morgan fingerprint density at radius 1 is 1.06 bits per heavy atom. The number of halogens is 1. The summed E-state index contributed by atoms with van der Waals surface area (Å²) >= 11 is 9.22. The molecular weight excluding hydrogens is 460 g/mol. The summed E-state index contributed by atoms with van der Waals surface area (Å²) in [4.78, 5) is 16.4. The average molecular weight is 481 g/mol. The third-order valence-corrected chi connectivity index (χ3v) is 7.66. The number of amides is 1. The highest BCUT2D eigenvalue weighted by Crippen LogP contribution is 2.35. The Bertz CT molecular complexity index is 1190. The normalized spacial score (nSPS) is 15.9. The summed E-state index contributed by atoms with van der Waals surface area (Å²) in [5.74, 6) is 1.19. The molecule has 8 heteroatoms. The largest absolute Gasteiger partial charge is 0.334 e. The molecule has 1 aliphatic rings. The van der Waals surface area contributed by atoms with Gasteiger partial charge >= 0.3 is 0 Å². The number of hydrogen-bond donors (Lipinski definition) is 0. The summed E-state index contributed by atoms with van der Waals surface area (Å²) in [5.41, 5.74) is 1.87. The third kappa shape index (κ3) is 4.33. The summed E-state index contributed by atoms with van der Waals surface area (Å²) in [5, 5.41) is 12.3. The Kier molecular flexibility index (Phi) is 6.30. The van der Waals surface area contributed by atoms with Crippen molar-refractivity contribution in [1.82, 2.24) is 19.7 Å². The van der Waals surface area contributed by atoms with E-state index in [1.54, 1.807) is 11.3 Å². The second-order valence-electron chi connectivity index (χ2n) is 7.53. The second-order valence-corrected chi connectivity index (χ2v) is 9.89. The van der Waals surface area contributed by atoms with Crippen LogP contribution < -0.4 is 0 Å². The number of carbonyl (C=O) groups excluding carboxylic acids is 1. The van der Waals surface area contributed by atoms with E-state index in [9.17, 15) is 4.79 Å². The smallest absolute Gasteiger partial charge is 0.233 e. The molecular formula is C24H21ClN4OS2. The third-order valence-electron chi connectivity index (χ3n) is 5.52. The lowest BCUT2D eigenvalue weighted by Crippen LogP contribution is -2.31. The molecule has 4 aromatic rings. The minimum atomic E-state index is 0.140. The van der Waals surface area contributed by atoms with Crippen LogP contribution in [0.4, 0.5) is 0 Å². The molecule has 1 aliphatic heterocycles. The van der Waals surface area contributed by atoms with Crippen molar-refractivity contribution in [2.75, 3.05) is 12.3 Å². The Hall–Kier alpha value is -2.61. The van der Waals surface area contributed by atoms with Crippen LogP contribution in [0.1, 0.15) is 23.8 Å². The van der Waals surface area contributed by atoms with E-state index in [0.717, 1.165) is 36.5 Å². The average Bonchev–Trinajstić information content (AvgIpc) is 3.59. The van der Waals surface area contributed by atoms with Crippen LogP contribution in [0.25, 0.3) is 17.1 Å². The van der Waals surface area contributed by atoms with Crippen molar-refractivity contribution in [3.05, 3.63) is 82.0 Å². The molecule has 0 saturated carbocycles. The first kappa shape index (κ1) is 21.2. The van der Waals surface area contributed by atoms with E-state index in [0.29, 0.717) is 15.9 Å². The van der Waals surface area contributed by atoms with Crippen molar-refractivity contribution in [2.24, 2.45) is 0 Å². The van der Waals surface area contributed by atoms with Crippen LogP contribution in [0.15, 0.2) is 77.3 Å². The van der Waals surface area contributed by atoms with E-state index in [1.807, 2.05) is 64.1 Å². The summed E-state index contributed by atoms with van der Waals surface area (Å²) in [7, 11) is 0. The van der Waals surface area contributed by atoms with Crippen molar-refractivity contribution in [3.8, 4) is 17.1 Å². The molecule has 32 heavy (non-hydrogen) atoms. The van der Waals surface area contributed by atoms with Gasteiger partial charge in [-0.3, -0.25) is 9.36 Å². The standard InChI is InChI=1S/C24H21ClN4OS2/c25-18-12-10-17(11-13-18)23-26-27-24(29(23)19-6-2-1-3-7-19)32-16-22(30)28-14-4-8-20(28)21-9-5-15-31-21/h1-3,5-7,9-13,15,20H,4,8,14,16H2. The molecule has 0 aliphatic carbocycles. The second kappa shape index (κ2) is 9.48. The minimum absolute atomic E-state index is 0.140. The number of aromatic nitrogens is 3. The number of likely N-dealkylation sites (tertiary alicyclic amines) is 1. The molecule has 1 atom stereocenters. The molecule has 2 aromatic heterocycles. The van der Waals surface area contributed by atoms with Crippen molar-refractivity contribution in [2.45, 2.75) is 24.0 Å². The number of nitrogens with zero attached hydrogens (tertiary/aromatic N) is 4. The maximum Gasteiger partial charge on any atom is 0.233 e. The summed E-state index contributed by atoms with van der Waals surface area (Å²) < 4.78 is 2.00. The van der Waals surface area contributed by atoms with Gasteiger partial charge in [-0.15, -0.1) is 21.5 Å². The fourth-order valence-corrected chi connectivity index (χ4v) is 5.85. The van der Waals surface area contributed by atoms with Gasteiger partial charge in [0.15, 0.2) is 11.0 Å². The van der Waals surface area contributed by atoms with Crippen molar-refractivity contribution < 1.29 is 4.79 Å². The molecule has 5 rings (SSSR count). The van der Waals surface area contributed by atoms with Gasteiger partial charge in [0.25, 0.3) is 0 Å². The summed E-state index contributed by atoms with van der Waals surface area (Å²) in [6, 6.07) is 21.9. The molecule has 1 amide bonds. The summed E-state index contributed by atoms with van der Waals surface area (Å²) in [6.07, 6.45) is 2.07. The van der Waals surface area contributed by atoms with E-state index >= 15 is 0 Å². The van der Waals surface area contributed by atoms with Crippen molar-refractivity contribution in [3.63, 3.8) is 0 Å². The van der Waals surface area contributed by atoms with Gasteiger partial charge in [-0.25, -0.2) is 0 Å². The molecule has 2 aromatic carbocycles. The first-order chi connectivity index (χ1) is 15.7. The molecule has 3 heterocycles. The highest BCUT2D eigenvalue weighted by molar-refractivity contribution is 7.99. The van der Waals surface area contributed by atoms with Gasteiger partial charge in [-0.1, -0.05) is 47.6 Å². The van der Waals surface area contributed by atoms with E-state index in [1.165, 1.54) is 16.6 Å². The van der Waals surface area contributed by atoms with Gasteiger partial charge in [0.2, 0.25) is 5.91 Å². The molecule has 0 N–H and O–H groups in total. The molecule has 0 radical (unpaired) electrons. The van der Waals surface area contributed by atoms with Gasteiger partial charge in [0.05, 0.1) is 11.8 Å². The first-order valence-electron chi connectivity index (χ1n) is 10.4. The zero-order valence-electron chi connectivity index (χ0n) is 17.2. The fourth-order valence-electron chi connectivity index (χ4n) is 4.01. The van der Waals surface area contributed by atoms with Crippen molar-refractivity contribution in [1.29, 1.82) is 0 Å². The molecule has 1 fully saturated rings. The lowest BCUT2D eigenvalue weighted by molar-refractivity contribution is -0.129. The van der Waals surface area contributed by atoms with Crippen LogP contribution in [0.2, 0.25) is 5.02 Å². The predicted octanol–water partition coefficient (Wildman–Crippen LogP) is 6.11. The van der Waals surface area contributed by atoms with E-state index in [4.69, 9.17) is 11.6 Å². The van der Waals surface area contributed by atoms with E-state index < -0.39 is 0 Å². The molecule has 5 nitrogen and oxygen atoms in total. The maximum absolute atomic E-state index is 13.1. The SMILES string of the molecule is O=C(CSc1nnc(-c2ccc(Cl)cc2)n1-c1ccccc1)N1CCCC1c1cccs1. The molecule has 162 valence electrons. The zero-order chi connectivity index (χ0) is 21.9. The predicted molar refractivity (Wildman–Crippen MR) is 131 cm³/mol. The van der Waals surface area contributed by atoms with Gasteiger partial charge < -0.3 is 4.90 Å². The number of carbonyl (C=O) groups is 1. The molecule has 1 saturated heterocycles. The van der Waals surface area contributed by atoms with Gasteiger partial charge in [-0.2, -0.15) is 0 Å².